The highest BCUT2D eigenvalue weighted by atomic mass is 35.5. The lowest BCUT2D eigenvalue weighted by Crippen LogP contribution is -2.46. The molecule has 122 valence electrons. The molecule has 0 spiro atoms. The first kappa shape index (κ1) is 17.2. The molecule has 1 aliphatic heterocycles. The molecule has 22 heavy (non-hydrogen) atoms. The molecular formula is C15H22ClN3O2S. The number of rotatable bonds is 5. The Morgan fingerprint density at radius 2 is 2.09 bits per heavy atom. The average Bonchev–Trinajstić information content (AvgIpc) is 3.07. The summed E-state index contributed by atoms with van der Waals surface area (Å²) < 4.78 is 0.729. The Labute approximate surface area is 140 Å². The van der Waals surface area contributed by atoms with Crippen LogP contribution < -0.4 is 0 Å². The van der Waals surface area contributed by atoms with Gasteiger partial charge in [-0.1, -0.05) is 11.6 Å². The second kappa shape index (κ2) is 7.44. The van der Waals surface area contributed by atoms with Crippen LogP contribution in [0.15, 0.2) is 12.1 Å². The van der Waals surface area contributed by atoms with E-state index in [2.05, 4.69) is 0 Å². The van der Waals surface area contributed by atoms with Crippen LogP contribution >= 0.6 is 22.9 Å². The number of amides is 2. The summed E-state index contributed by atoms with van der Waals surface area (Å²) in [7, 11) is 5.30. The Morgan fingerprint density at radius 1 is 1.36 bits per heavy atom. The monoisotopic (exact) mass is 343 g/mol. The largest absolute Gasteiger partial charge is 0.347 e. The summed E-state index contributed by atoms with van der Waals surface area (Å²) in [5, 5.41) is 0. The summed E-state index contributed by atoms with van der Waals surface area (Å²) in [6.07, 6.45) is 1.79. The Kier molecular flexibility index (Phi) is 5.83. The van der Waals surface area contributed by atoms with Gasteiger partial charge in [0, 0.05) is 26.0 Å². The molecule has 2 amide bonds. The number of likely N-dealkylation sites (N-methyl/N-ethyl adjacent to an activating group) is 2. The smallest absolute Gasteiger partial charge is 0.239 e. The van der Waals surface area contributed by atoms with E-state index in [9.17, 15) is 9.59 Å². The number of carbonyl (C=O) groups excluding carboxylic acids is 2. The maximum Gasteiger partial charge on any atom is 0.239 e. The van der Waals surface area contributed by atoms with Crippen molar-refractivity contribution in [3.63, 3.8) is 0 Å². The van der Waals surface area contributed by atoms with E-state index >= 15 is 0 Å². The first-order chi connectivity index (χ1) is 10.4. The van der Waals surface area contributed by atoms with Crippen molar-refractivity contribution in [1.29, 1.82) is 0 Å². The molecule has 1 saturated heterocycles. The van der Waals surface area contributed by atoms with Crippen LogP contribution in [0.1, 0.15) is 17.7 Å². The Hall–Kier alpha value is -1.11. The van der Waals surface area contributed by atoms with Gasteiger partial charge in [0.2, 0.25) is 11.8 Å². The van der Waals surface area contributed by atoms with E-state index in [-0.39, 0.29) is 17.9 Å². The Morgan fingerprint density at radius 3 is 2.68 bits per heavy atom. The summed E-state index contributed by atoms with van der Waals surface area (Å²) in [4.78, 5) is 30.9. The molecular weight excluding hydrogens is 322 g/mol. The van der Waals surface area contributed by atoms with Gasteiger partial charge in [-0.3, -0.25) is 14.5 Å². The van der Waals surface area contributed by atoms with Crippen LogP contribution in [0, 0.1) is 0 Å². The van der Waals surface area contributed by atoms with Crippen LogP contribution in [0.2, 0.25) is 4.34 Å². The molecule has 0 bridgehead atoms. The van der Waals surface area contributed by atoms with E-state index in [0.717, 1.165) is 28.6 Å². The lowest BCUT2D eigenvalue weighted by molar-refractivity contribution is -0.136. The summed E-state index contributed by atoms with van der Waals surface area (Å²) in [5.74, 6) is 0.112. The number of nitrogens with zero attached hydrogens (tertiary/aromatic N) is 3. The minimum atomic E-state index is -0.163. The number of carbonyl (C=O) groups is 2. The summed E-state index contributed by atoms with van der Waals surface area (Å²) >= 11 is 7.39. The number of halogens is 1. The van der Waals surface area contributed by atoms with Gasteiger partial charge in [0.15, 0.2) is 0 Å². The molecule has 0 aromatic carbocycles. The molecule has 0 N–H and O–H groups in total. The van der Waals surface area contributed by atoms with Crippen molar-refractivity contribution in [2.45, 2.75) is 25.4 Å². The highest BCUT2D eigenvalue weighted by molar-refractivity contribution is 7.16. The van der Waals surface area contributed by atoms with Crippen LogP contribution in [0.25, 0.3) is 0 Å². The summed E-state index contributed by atoms with van der Waals surface area (Å²) in [5.41, 5.74) is 0. The van der Waals surface area contributed by atoms with Gasteiger partial charge in [0.25, 0.3) is 0 Å². The third-order valence-corrected chi connectivity index (χ3v) is 5.09. The van der Waals surface area contributed by atoms with Crippen molar-refractivity contribution in [1.82, 2.24) is 14.7 Å². The zero-order valence-corrected chi connectivity index (χ0v) is 14.8. The van der Waals surface area contributed by atoms with Gasteiger partial charge in [-0.15, -0.1) is 11.3 Å². The molecule has 2 heterocycles. The molecule has 1 aromatic heterocycles. The van der Waals surface area contributed by atoms with Crippen molar-refractivity contribution in [3.8, 4) is 0 Å². The van der Waals surface area contributed by atoms with Crippen molar-refractivity contribution < 1.29 is 9.59 Å². The molecule has 7 heteroatoms. The second-order valence-corrected chi connectivity index (χ2v) is 7.62. The van der Waals surface area contributed by atoms with E-state index in [1.807, 2.05) is 17.0 Å². The fourth-order valence-corrected chi connectivity index (χ4v) is 3.79. The van der Waals surface area contributed by atoms with Crippen molar-refractivity contribution in [2.75, 3.05) is 34.2 Å². The Balaban J connectivity index is 1.91. The SMILES string of the molecule is CN(C)C(=O)C1CCCN1CC(=O)N(C)Cc1ccc(Cl)s1. The third-order valence-electron chi connectivity index (χ3n) is 3.88. The van der Waals surface area contributed by atoms with E-state index in [4.69, 9.17) is 11.6 Å². The van der Waals surface area contributed by atoms with E-state index in [1.165, 1.54) is 11.3 Å². The highest BCUT2D eigenvalue weighted by Gasteiger charge is 2.33. The minimum absolute atomic E-state index is 0.0305. The molecule has 1 fully saturated rings. The Bertz CT molecular complexity index is 547. The van der Waals surface area contributed by atoms with E-state index < -0.39 is 0 Å². The maximum atomic E-state index is 12.4. The topological polar surface area (TPSA) is 43.9 Å². The van der Waals surface area contributed by atoms with Crippen LogP contribution in [-0.4, -0.2) is 66.8 Å². The van der Waals surface area contributed by atoms with E-state index in [0.29, 0.717) is 13.1 Å². The zero-order chi connectivity index (χ0) is 16.3. The van der Waals surface area contributed by atoms with Crippen LogP contribution in [-0.2, 0) is 16.1 Å². The lowest BCUT2D eigenvalue weighted by atomic mass is 10.2. The predicted octanol–water partition coefficient (Wildman–Crippen LogP) is 1.91. The van der Waals surface area contributed by atoms with Crippen LogP contribution in [0.3, 0.4) is 0 Å². The maximum absolute atomic E-state index is 12.4. The van der Waals surface area contributed by atoms with Gasteiger partial charge in [-0.2, -0.15) is 0 Å². The quantitative estimate of drug-likeness (QED) is 0.820. The number of hydrogen-bond acceptors (Lipinski definition) is 4. The van der Waals surface area contributed by atoms with Crippen LogP contribution in [0.4, 0.5) is 0 Å². The van der Waals surface area contributed by atoms with Crippen molar-refractivity contribution in [3.05, 3.63) is 21.3 Å². The van der Waals surface area contributed by atoms with Gasteiger partial charge in [-0.25, -0.2) is 0 Å². The van der Waals surface area contributed by atoms with Gasteiger partial charge >= 0.3 is 0 Å². The van der Waals surface area contributed by atoms with Crippen LogP contribution in [0.5, 0.6) is 0 Å². The number of hydrogen-bond donors (Lipinski definition) is 0. The van der Waals surface area contributed by atoms with Gasteiger partial charge < -0.3 is 9.80 Å². The second-order valence-electron chi connectivity index (χ2n) is 5.82. The van der Waals surface area contributed by atoms with Gasteiger partial charge in [0.1, 0.15) is 0 Å². The third kappa shape index (κ3) is 4.21. The molecule has 0 radical (unpaired) electrons. The fourth-order valence-electron chi connectivity index (χ4n) is 2.65. The highest BCUT2D eigenvalue weighted by Crippen LogP contribution is 2.23. The van der Waals surface area contributed by atoms with Gasteiger partial charge in [0.05, 0.1) is 23.5 Å². The molecule has 1 unspecified atom stereocenters. The first-order valence-corrected chi connectivity index (χ1v) is 8.51. The normalized spacial score (nSPS) is 18.5. The van der Waals surface area contributed by atoms with Gasteiger partial charge in [-0.05, 0) is 31.5 Å². The first-order valence-electron chi connectivity index (χ1n) is 7.32. The number of thiophene rings is 1. The molecule has 0 saturated carbocycles. The van der Waals surface area contributed by atoms with E-state index in [1.54, 1.807) is 30.9 Å². The summed E-state index contributed by atoms with van der Waals surface area (Å²) in [6.45, 7) is 1.64. The predicted molar refractivity (Wildman–Crippen MR) is 89.1 cm³/mol. The minimum Gasteiger partial charge on any atom is -0.347 e. The molecule has 0 aliphatic carbocycles. The number of likely N-dealkylation sites (tertiary alicyclic amines) is 1. The molecule has 2 rings (SSSR count). The summed E-state index contributed by atoms with van der Waals surface area (Å²) in [6, 6.07) is 3.61. The average molecular weight is 344 g/mol. The molecule has 5 nitrogen and oxygen atoms in total. The molecule has 1 atom stereocenters. The van der Waals surface area contributed by atoms with Crippen molar-refractivity contribution in [2.24, 2.45) is 0 Å². The van der Waals surface area contributed by atoms with Crippen molar-refractivity contribution >= 4 is 34.8 Å². The standard InChI is InChI=1S/C15H22ClN3O2S/c1-17(2)15(21)12-5-4-8-19(12)10-14(20)18(3)9-11-6-7-13(16)22-11/h6-7,12H,4-5,8-10H2,1-3H3. The molecule has 1 aromatic rings. The fraction of sp³-hybridized carbons (Fsp3) is 0.600. The lowest BCUT2D eigenvalue weighted by Gasteiger charge is -2.27. The molecule has 1 aliphatic rings. The zero-order valence-electron chi connectivity index (χ0n) is 13.2.